The molecule has 3 aliphatic heterocycles. The summed E-state index contributed by atoms with van der Waals surface area (Å²) in [5.41, 5.74) is 2.57. The van der Waals surface area contributed by atoms with Gasteiger partial charge in [-0.15, -0.1) is 5.06 Å². The van der Waals surface area contributed by atoms with Gasteiger partial charge in [-0.3, -0.25) is 4.90 Å². The normalized spacial score (nSPS) is 36.8. The van der Waals surface area contributed by atoms with E-state index in [4.69, 9.17) is 9.47 Å². The summed E-state index contributed by atoms with van der Waals surface area (Å²) in [6.07, 6.45) is 1.07. The van der Waals surface area contributed by atoms with Crippen molar-refractivity contribution in [1.82, 2.24) is 4.90 Å². The van der Waals surface area contributed by atoms with E-state index in [-0.39, 0.29) is 22.9 Å². The van der Waals surface area contributed by atoms with Crippen molar-refractivity contribution in [1.29, 1.82) is 0 Å². The number of carbonyl (C=O) groups is 1. The molecule has 0 aromatic heterocycles. The molecule has 1 aromatic rings. The van der Waals surface area contributed by atoms with Crippen molar-refractivity contribution < 1.29 is 29.6 Å². The molecule has 28 heavy (non-hydrogen) atoms. The lowest BCUT2D eigenvalue weighted by molar-refractivity contribution is -1.00. The largest absolute Gasteiger partial charge is 0.491 e. The third kappa shape index (κ3) is 2.00. The Morgan fingerprint density at radius 3 is 2.86 bits per heavy atom. The number of hydrogen-bond acceptors (Lipinski definition) is 6. The van der Waals surface area contributed by atoms with Crippen molar-refractivity contribution >= 4 is 11.7 Å². The maximum Gasteiger partial charge on any atom is 0.339 e. The fourth-order valence-corrected chi connectivity index (χ4v) is 6.47. The first-order chi connectivity index (χ1) is 13.5. The van der Waals surface area contributed by atoms with Gasteiger partial charge in [0.2, 0.25) is 5.69 Å². The van der Waals surface area contributed by atoms with Crippen molar-refractivity contribution in [3.05, 3.63) is 35.0 Å². The molecule has 0 radical (unpaired) electrons. The predicted octanol–water partition coefficient (Wildman–Crippen LogP) is 0.384. The minimum Gasteiger partial charge on any atom is -0.491 e. The summed E-state index contributed by atoms with van der Waals surface area (Å²) in [7, 11) is 2.98. The third-order valence-corrected chi connectivity index (χ3v) is 7.55. The lowest BCUT2D eigenvalue weighted by atomic mass is 9.60. The first-order valence-electron chi connectivity index (χ1n) is 9.95. The van der Waals surface area contributed by atoms with Gasteiger partial charge in [0.05, 0.1) is 25.7 Å². The third-order valence-electron chi connectivity index (χ3n) is 7.55. The number of esters is 1. The number of piperidine rings is 1. The molecule has 150 valence electrons. The zero-order valence-electron chi connectivity index (χ0n) is 16.4. The Bertz CT molecular complexity index is 882. The standard InChI is InChI=1S/C21H26N2O5/c1-11(24)13-10-22-8-7-21-14-5-4-6-15(27-2)18(14)23(26)19(21)17(20(25)28-3)12(13)9-16(21)22/h4-6,11-13,16,24,26H,7-10H2,1-3H3/p+1. The molecule has 2 fully saturated rings. The molecule has 3 heterocycles. The number of fused-ring (bicyclic) bond motifs is 2. The summed E-state index contributed by atoms with van der Waals surface area (Å²) >= 11 is 0. The first-order valence-corrected chi connectivity index (χ1v) is 9.95. The highest BCUT2D eigenvalue weighted by atomic mass is 16.5. The van der Waals surface area contributed by atoms with E-state index in [1.807, 2.05) is 12.1 Å². The van der Waals surface area contributed by atoms with Gasteiger partial charge < -0.3 is 14.6 Å². The molecular weight excluding hydrogens is 360 g/mol. The molecule has 4 aliphatic rings. The maximum atomic E-state index is 13.0. The molecule has 0 saturated carbocycles. The lowest BCUT2D eigenvalue weighted by Crippen LogP contribution is -3.03. The molecule has 5 rings (SSSR count). The van der Waals surface area contributed by atoms with Crippen LogP contribution >= 0.6 is 0 Å². The van der Waals surface area contributed by atoms with Gasteiger partial charge in [0.25, 0.3) is 0 Å². The minimum absolute atomic E-state index is 0.0626. The summed E-state index contributed by atoms with van der Waals surface area (Å²) in [6.45, 7) is 3.42. The van der Waals surface area contributed by atoms with Crippen LogP contribution in [-0.2, 0) is 14.9 Å². The Morgan fingerprint density at radius 2 is 2.18 bits per heavy atom. The highest BCUT2D eigenvalue weighted by Gasteiger charge is 2.69. The number of benzene rings is 1. The van der Waals surface area contributed by atoms with E-state index < -0.39 is 17.5 Å². The monoisotopic (exact) mass is 387 g/mol. The molecule has 1 aromatic carbocycles. The van der Waals surface area contributed by atoms with E-state index >= 15 is 0 Å². The van der Waals surface area contributed by atoms with Gasteiger partial charge in [0.15, 0.2) is 11.4 Å². The van der Waals surface area contributed by atoms with Gasteiger partial charge in [-0.05, 0) is 32.4 Å². The molecule has 0 amide bonds. The zero-order chi connectivity index (χ0) is 19.8. The molecule has 7 heteroatoms. The average molecular weight is 387 g/mol. The summed E-state index contributed by atoms with van der Waals surface area (Å²) in [5, 5.41) is 22.0. The number of para-hydroxylation sites is 1. The van der Waals surface area contributed by atoms with Crippen LogP contribution in [0.1, 0.15) is 25.3 Å². The molecule has 6 unspecified atom stereocenters. The summed E-state index contributed by atoms with van der Waals surface area (Å²) in [6, 6.07) is 6.06. The van der Waals surface area contributed by atoms with Crippen molar-refractivity contribution in [2.24, 2.45) is 11.8 Å². The summed E-state index contributed by atoms with van der Waals surface area (Å²) in [4.78, 5) is 15.4. The van der Waals surface area contributed by atoms with Crippen molar-refractivity contribution in [3.63, 3.8) is 0 Å². The molecule has 7 nitrogen and oxygen atoms in total. The Kier molecular flexibility index (Phi) is 3.90. The number of rotatable bonds is 3. The van der Waals surface area contributed by atoms with E-state index in [2.05, 4.69) is 11.0 Å². The van der Waals surface area contributed by atoms with Gasteiger partial charge in [-0.1, -0.05) is 12.1 Å². The fraction of sp³-hybridized carbons (Fsp3) is 0.571. The van der Waals surface area contributed by atoms with Crippen molar-refractivity contribution in [2.45, 2.75) is 37.3 Å². The van der Waals surface area contributed by atoms with Crippen LogP contribution in [0.25, 0.3) is 0 Å². The summed E-state index contributed by atoms with van der Waals surface area (Å²) in [5.74, 6) is 0.0300. The number of quaternary nitrogens is 1. The van der Waals surface area contributed by atoms with Crippen LogP contribution in [0.5, 0.6) is 5.75 Å². The quantitative estimate of drug-likeness (QED) is 0.651. The number of aliphatic hydroxyl groups is 1. The van der Waals surface area contributed by atoms with E-state index in [1.54, 1.807) is 14.0 Å². The maximum absolute atomic E-state index is 13.0. The number of hydrogen-bond donors (Lipinski definition) is 3. The highest BCUT2D eigenvalue weighted by molar-refractivity contribution is 5.91. The van der Waals surface area contributed by atoms with Crippen LogP contribution in [-0.4, -0.2) is 60.6 Å². The number of aliphatic hydroxyl groups excluding tert-OH is 1. The van der Waals surface area contributed by atoms with E-state index in [0.29, 0.717) is 22.7 Å². The lowest BCUT2D eigenvalue weighted by Gasteiger charge is -2.49. The van der Waals surface area contributed by atoms with E-state index in [1.165, 1.54) is 7.11 Å². The second-order valence-corrected chi connectivity index (χ2v) is 8.49. The van der Waals surface area contributed by atoms with Crippen molar-refractivity contribution in [3.8, 4) is 5.75 Å². The Balaban J connectivity index is 1.83. The van der Waals surface area contributed by atoms with Gasteiger partial charge in [-0.2, -0.15) is 0 Å². The molecule has 1 aliphatic carbocycles. The Hall–Kier alpha value is -1.93. The molecule has 1 spiro atoms. The molecule has 6 atom stereocenters. The molecular formula is C21H27N2O5+. The number of nitrogens with zero attached hydrogens (tertiary/aromatic N) is 1. The molecule has 2 bridgehead atoms. The minimum atomic E-state index is -0.542. The predicted molar refractivity (Wildman–Crippen MR) is 99.4 cm³/mol. The van der Waals surface area contributed by atoms with Gasteiger partial charge in [0, 0.05) is 30.0 Å². The number of hydroxylamine groups is 1. The van der Waals surface area contributed by atoms with Crippen LogP contribution < -0.4 is 9.80 Å². The second-order valence-electron chi connectivity index (χ2n) is 8.49. The highest BCUT2D eigenvalue weighted by Crippen LogP contribution is 2.60. The van der Waals surface area contributed by atoms with Crippen LogP contribution in [0, 0.1) is 11.8 Å². The zero-order valence-corrected chi connectivity index (χ0v) is 16.4. The van der Waals surface area contributed by atoms with E-state index in [0.717, 1.165) is 31.5 Å². The number of nitrogens with one attached hydrogen (secondary N) is 1. The van der Waals surface area contributed by atoms with Gasteiger partial charge >= 0.3 is 5.97 Å². The fourth-order valence-electron chi connectivity index (χ4n) is 6.47. The summed E-state index contributed by atoms with van der Waals surface area (Å²) < 4.78 is 10.7. The first kappa shape index (κ1) is 18.1. The van der Waals surface area contributed by atoms with Crippen LogP contribution in [0.4, 0.5) is 5.69 Å². The SMILES string of the molecule is COC(=O)C1=C2[NH+](O)c3c(OC)cccc3C23CCN2CC(C(C)O)C1CC23. The van der Waals surface area contributed by atoms with Crippen LogP contribution in [0.2, 0.25) is 0 Å². The van der Waals surface area contributed by atoms with Gasteiger partial charge in [0.1, 0.15) is 5.57 Å². The van der Waals surface area contributed by atoms with Crippen LogP contribution in [0.3, 0.4) is 0 Å². The smallest absolute Gasteiger partial charge is 0.339 e. The average Bonchev–Trinajstić information content (AvgIpc) is 3.22. The van der Waals surface area contributed by atoms with Gasteiger partial charge in [-0.25, -0.2) is 10.0 Å². The Labute approximate surface area is 164 Å². The number of carbonyl (C=O) groups excluding carboxylic acids is 1. The molecule has 2 saturated heterocycles. The molecule has 3 N–H and O–H groups in total. The van der Waals surface area contributed by atoms with Crippen LogP contribution in [0.15, 0.2) is 29.5 Å². The topological polar surface area (TPSA) is 83.7 Å². The Morgan fingerprint density at radius 1 is 1.39 bits per heavy atom. The number of methoxy groups -OCH3 is 2. The van der Waals surface area contributed by atoms with Crippen molar-refractivity contribution in [2.75, 3.05) is 27.3 Å². The second kappa shape index (κ2) is 6.03. The van der Waals surface area contributed by atoms with E-state index in [9.17, 15) is 15.1 Å². The number of ether oxygens (including phenoxy) is 2.